The second-order valence-corrected chi connectivity index (χ2v) is 3.49. The molecule has 0 aromatic heterocycles. The van der Waals surface area contributed by atoms with Gasteiger partial charge >= 0.3 is 0 Å². The zero-order chi connectivity index (χ0) is 11.4. The molecule has 0 saturated heterocycles. The zero-order valence-corrected chi connectivity index (χ0v) is 8.73. The molecule has 0 saturated carbocycles. The number of nitrogens with one attached hydrogen (secondary N) is 1. The van der Waals surface area contributed by atoms with E-state index >= 15 is 0 Å². The van der Waals surface area contributed by atoms with Gasteiger partial charge < -0.3 is 10.4 Å². The number of anilines is 1. The van der Waals surface area contributed by atoms with Crippen LogP contribution in [0.15, 0.2) is 18.2 Å². The highest BCUT2D eigenvalue weighted by Gasteiger charge is 2.08. The topological polar surface area (TPSA) is 75.4 Å². The lowest BCUT2D eigenvalue weighted by Crippen LogP contribution is -2.15. The quantitative estimate of drug-likeness (QED) is 0.585. The number of aliphatic hydroxyl groups is 1. The molecular weight excluding hydrogens is 196 g/mol. The van der Waals surface area contributed by atoms with Crippen molar-refractivity contribution in [2.45, 2.75) is 20.0 Å². The van der Waals surface area contributed by atoms with Crippen LogP contribution in [-0.2, 0) is 0 Å². The first-order chi connectivity index (χ1) is 7.00. The minimum absolute atomic E-state index is 0.0497. The van der Waals surface area contributed by atoms with Crippen LogP contribution in [0.25, 0.3) is 0 Å². The lowest BCUT2D eigenvalue weighted by Gasteiger charge is -2.10. The van der Waals surface area contributed by atoms with Crippen LogP contribution in [0.4, 0.5) is 11.4 Å². The number of aryl methyl sites for hydroxylation is 1. The third-order valence-electron chi connectivity index (χ3n) is 2.02. The number of non-ortho nitro benzene ring substituents is 1. The molecule has 0 fully saturated rings. The van der Waals surface area contributed by atoms with Crippen LogP contribution in [-0.4, -0.2) is 22.7 Å². The van der Waals surface area contributed by atoms with Gasteiger partial charge in [0.1, 0.15) is 0 Å². The van der Waals surface area contributed by atoms with Gasteiger partial charge in [-0.3, -0.25) is 10.1 Å². The molecule has 0 radical (unpaired) electrons. The van der Waals surface area contributed by atoms with E-state index in [0.29, 0.717) is 12.2 Å². The second kappa shape index (κ2) is 4.75. The van der Waals surface area contributed by atoms with Crippen molar-refractivity contribution in [1.29, 1.82) is 0 Å². The molecule has 0 aliphatic rings. The van der Waals surface area contributed by atoms with Gasteiger partial charge in [-0.15, -0.1) is 0 Å². The van der Waals surface area contributed by atoms with E-state index in [1.807, 2.05) is 6.92 Å². The Labute approximate surface area is 87.9 Å². The van der Waals surface area contributed by atoms with Crippen LogP contribution in [0.1, 0.15) is 12.5 Å². The van der Waals surface area contributed by atoms with Crippen LogP contribution in [0.2, 0.25) is 0 Å². The molecule has 0 spiro atoms. The van der Waals surface area contributed by atoms with E-state index in [9.17, 15) is 10.1 Å². The zero-order valence-electron chi connectivity index (χ0n) is 8.73. The minimum Gasteiger partial charge on any atom is -0.392 e. The van der Waals surface area contributed by atoms with E-state index in [2.05, 4.69) is 5.32 Å². The van der Waals surface area contributed by atoms with Crippen molar-refractivity contribution >= 4 is 11.4 Å². The fraction of sp³-hybridized carbons (Fsp3) is 0.400. The van der Waals surface area contributed by atoms with Crippen LogP contribution in [0.3, 0.4) is 0 Å². The number of nitrogens with zero attached hydrogens (tertiary/aromatic N) is 1. The summed E-state index contributed by atoms with van der Waals surface area (Å²) < 4.78 is 0. The van der Waals surface area contributed by atoms with E-state index in [-0.39, 0.29) is 5.69 Å². The molecule has 5 nitrogen and oxygen atoms in total. The Morgan fingerprint density at radius 2 is 2.27 bits per heavy atom. The van der Waals surface area contributed by atoms with Crippen molar-refractivity contribution in [3.05, 3.63) is 33.9 Å². The predicted molar refractivity (Wildman–Crippen MR) is 58.0 cm³/mol. The monoisotopic (exact) mass is 210 g/mol. The van der Waals surface area contributed by atoms with Gasteiger partial charge in [-0.2, -0.15) is 0 Å². The SMILES string of the molecule is Cc1ccc([N+](=O)[O-])cc1NCC(C)O. The molecule has 1 aromatic rings. The number of benzene rings is 1. The van der Waals surface area contributed by atoms with E-state index < -0.39 is 11.0 Å². The summed E-state index contributed by atoms with van der Waals surface area (Å²) in [7, 11) is 0. The predicted octanol–water partition coefficient (Wildman–Crippen LogP) is 1.70. The van der Waals surface area contributed by atoms with Gasteiger partial charge in [0.25, 0.3) is 5.69 Å². The number of hydrogen-bond acceptors (Lipinski definition) is 4. The summed E-state index contributed by atoms with van der Waals surface area (Å²) in [5, 5.41) is 22.6. The van der Waals surface area contributed by atoms with Crippen LogP contribution in [0.5, 0.6) is 0 Å². The maximum absolute atomic E-state index is 10.5. The Kier molecular flexibility index (Phi) is 3.62. The number of rotatable bonds is 4. The molecule has 1 atom stereocenters. The van der Waals surface area contributed by atoms with E-state index in [1.165, 1.54) is 12.1 Å². The summed E-state index contributed by atoms with van der Waals surface area (Å²) in [6.07, 6.45) is -0.483. The summed E-state index contributed by atoms with van der Waals surface area (Å²) >= 11 is 0. The average molecular weight is 210 g/mol. The van der Waals surface area contributed by atoms with Gasteiger partial charge in [-0.25, -0.2) is 0 Å². The van der Waals surface area contributed by atoms with Gasteiger partial charge in [0.2, 0.25) is 0 Å². The highest BCUT2D eigenvalue weighted by Crippen LogP contribution is 2.21. The third-order valence-corrected chi connectivity index (χ3v) is 2.02. The Hall–Kier alpha value is -1.62. The molecule has 0 bridgehead atoms. The first-order valence-electron chi connectivity index (χ1n) is 4.67. The van der Waals surface area contributed by atoms with Gasteiger partial charge in [0, 0.05) is 24.4 Å². The molecule has 1 rings (SSSR count). The highest BCUT2D eigenvalue weighted by molar-refractivity contribution is 5.56. The molecule has 1 aromatic carbocycles. The van der Waals surface area contributed by atoms with E-state index in [0.717, 1.165) is 5.56 Å². The van der Waals surface area contributed by atoms with Crippen molar-refractivity contribution < 1.29 is 10.0 Å². The van der Waals surface area contributed by atoms with Crippen molar-refractivity contribution in [2.75, 3.05) is 11.9 Å². The standard InChI is InChI=1S/C10H14N2O3/c1-7-3-4-9(12(14)15)5-10(7)11-6-8(2)13/h3-5,8,11,13H,6H2,1-2H3. The van der Waals surface area contributed by atoms with Crippen LogP contribution < -0.4 is 5.32 Å². The largest absolute Gasteiger partial charge is 0.392 e. The summed E-state index contributed by atoms with van der Waals surface area (Å²) in [5.41, 5.74) is 1.65. The van der Waals surface area contributed by atoms with Crippen molar-refractivity contribution in [3.63, 3.8) is 0 Å². The van der Waals surface area contributed by atoms with Crippen molar-refractivity contribution in [2.24, 2.45) is 0 Å². The Morgan fingerprint density at radius 3 is 2.80 bits per heavy atom. The smallest absolute Gasteiger partial charge is 0.271 e. The van der Waals surface area contributed by atoms with Gasteiger partial charge in [-0.05, 0) is 19.4 Å². The van der Waals surface area contributed by atoms with E-state index in [1.54, 1.807) is 13.0 Å². The molecule has 2 N–H and O–H groups in total. The molecule has 82 valence electrons. The fourth-order valence-corrected chi connectivity index (χ4v) is 1.17. The molecule has 0 aliphatic carbocycles. The lowest BCUT2D eigenvalue weighted by atomic mass is 10.2. The number of hydrogen-bond donors (Lipinski definition) is 2. The van der Waals surface area contributed by atoms with Gasteiger partial charge in [0.15, 0.2) is 0 Å². The maximum Gasteiger partial charge on any atom is 0.271 e. The molecule has 0 aliphatic heterocycles. The Morgan fingerprint density at radius 1 is 1.60 bits per heavy atom. The maximum atomic E-state index is 10.5. The molecule has 1 unspecified atom stereocenters. The summed E-state index contributed by atoms with van der Waals surface area (Å²) in [6, 6.07) is 4.61. The van der Waals surface area contributed by atoms with Crippen molar-refractivity contribution in [3.8, 4) is 0 Å². The lowest BCUT2D eigenvalue weighted by molar-refractivity contribution is -0.384. The number of nitro benzene ring substituents is 1. The van der Waals surface area contributed by atoms with Crippen LogP contribution >= 0.6 is 0 Å². The summed E-state index contributed by atoms with van der Waals surface area (Å²) in [5.74, 6) is 0. The number of aliphatic hydroxyl groups excluding tert-OH is 1. The fourth-order valence-electron chi connectivity index (χ4n) is 1.17. The molecule has 0 heterocycles. The molecule has 5 heteroatoms. The highest BCUT2D eigenvalue weighted by atomic mass is 16.6. The summed E-state index contributed by atoms with van der Waals surface area (Å²) in [4.78, 5) is 10.1. The van der Waals surface area contributed by atoms with Gasteiger partial charge in [-0.1, -0.05) is 6.07 Å². The third kappa shape index (κ3) is 3.21. The first kappa shape index (κ1) is 11.5. The van der Waals surface area contributed by atoms with Gasteiger partial charge in [0.05, 0.1) is 11.0 Å². The number of nitro groups is 1. The Bertz CT molecular complexity index is 364. The van der Waals surface area contributed by atoms with E-state index in [4.69, 9.17) is 5.11 Å². The normalized spacial score (nSPS) is 12.2. The Balaban J connectivity index is 2.85. The van der Waals surface area contributed by atoms with Crippen LogP contribution in [0, 0.1) is 17.0 Å². The molecule has 15 heavy (non-hydrogen) atoms. The van der Waals surface area contributed by atoms with Crippen molar-refractivity contribution in [1.82, 2.24) is 0 Å². The molecular formula is C10H14N2O3. The second-order valence-electron chi connectivity index (χ2n) is 3.49. The first-order valence-corrected chi connectivity index (χ1v) is 4.67. The summed E-state index contributed by atoms with van der Waals surface area (Å²) in [6.45, 7) is 3.88. The minimum atomic E-state index is -0.483. The average Bonchev–Trinajstić information content (AvgIpc) is 2.16. The molecule has 0 amide bonds.